The highest BCUT2D eigenvalue weighted by atomic mass is 16.3. The van der Waals surface area contributed by atoms with Gasteiger partial charge in [0.25, 0.3) is 0 Å². The van der Waals surface area contributed by atoms with Crippen molar-refractivity contribution in [2.75, 3.05) is 0 Å². The molecule has 0 unspecified atom stereocenters. The Morgan fingerprint density at radius 1 is 1.55 bits per heavy atom. The third-order valence-corrected chi connectivity index (χ3v) is 1.39. The number of hydrogen-bond acceptors (Lipinski definition) is 2. The molecule has 60 valence electrons. The average Bonchev–Trinajstić information content (AvgIpc) is 2.06. The monoisotopic (exact) mass is 151 g/mol. The minimum absolute atomic E-state index is 0.262. The highest BCUT2D eigenvalue weighted by Crippen LogP contribution is 2.04. The van der Waals surface area contributed by atoms with Crippen molar-refractivity contribution in [2.45, 2.75) is 20.3 Å². The van der Waals surface area contributed by atoms with Crippen LogP contribution < -0.4 is 0 Å². The molecule has 0 aromatic rings. The predicted molar refractivity (Wildman–Crippen MR) is 48.1 cm³/mol. The molecule has 0 aromatic carbocycles. The van der Waals surface area contributed by atoms with E-state index in [1.807, 2.05) is 19.1 Å². The second-order valence-electron chi connectivity index (χ2n) is 2.13. The molecule has 0 amide bonds. The first-order chi connectivity index (χ1) is 5.24. The lowest BCUT2D eigenvalue weighted by molar-refractivity contribution is 1.14. The first-order valence-corrected chi connectivity index (χ1v) is 3.60. The smallest absolute Gasteiger partial charge is 0.100 e. The van der Waals surface area contributed by atoms with E-state index >= 15 is 0 Å². The van der Waals surface area contributed by atoms with Crippen molar-refractivity contribution >= 4 is 0 Å². The Bertz CT molecular complexity index is 202. The highest BCUT2D eigenvalue weighted by Gasteiger charge is 1.86. The van der Waals surface area contributed by atoms with E-state index < -0.39 is 0 Å². The van der Waals surface area contributed by atoms with Gasteiger partial charge in [0.1, 0.15) is 5.70 Å². The summed E-state index contributed by atoms with van der Waals surface area (Å²) in [4.78, 5) is 9.87. The first kappa shape index (κ1) is 9.82. The molecule has 0 N–H and O–H groups in total. The molecule has 2 heteroatoms. The van der Waals surface area contributed by atoms with Crippen molar-refractivity contribution in [3.05, 3.63) is 41.0 Å². The molecule has 0 heterocycles. The zero-order valence-corrected chi connectivity index (χ0v) is 7.00. The predicted octanol–water partition coefficient (Wildman–Crippen LogP) is 3.18. The van der Waals surface area contributed by atoms with Gasteiger partial charge in [-0.1, -0.05) is 31.2 Å². The van der Waals surface area contributed by atoms with Crippen LogP contribution in [0.25, 0.3) is 0 Å². The lowest BCUT2D eigenvalue weighted by Crippen LogP contribution is -1.73. The van der Waals surface area contributed by atoms with Crippen LogP contribution in [0, 0.1) is 4.91 Å². The van der Waals surface area contributed by atoms with Crippen LogP contribution in [0.4, 0.5) is 0 Å². The molecule has 0 aromatic heterocycles. The van der Waals surface area contributed by atoms with Gasteiger partial charge in [-0.3, -0.25) is 0 Å². The lowest BCUT2D eigenvalue weighted by Gasteiger charge is -1.92. The van der Waals surface area contributed by atoms with Gasteiger partial charge >= 0.3 is 0 Å². The topological polar surface area (TPSA) is 29.4 Å². The molecule has 0 atom stereocenters. The van der Waals surface area contributed by atoms with Gasteiger partial charge < -0.3 is 0 Å². The van der Waals surface area contributed by atoms with Gasteiger partial charge in [0.15, 0.2) is 0 Å². The van der Waals surface area contributed by atoms with Gasteiger partial charge in [0.05, 0.1) is 0 Å². The van der Waals surface area contributed by atoms with Gasteiger partial charge in [0, 0.05) is 0 Å². The molecular formula is C9H13NO. The van der Waals surface area contributed by atoms with E-state index in [1.165, 1.54) is 5.57 Å². The van der Waals surface area contributed by atoms with Crippen LogP contribution in [0.15, 0.2) is 41.3 Å². The summed E-state index contributed by atoms with van der Waals surface area (Å²) in [6.07, 6.45) is 6.42. The summed E-state index contributed by atoms with van der Waals surface area (Å²) in [6, 6.07) is 0. The molecule has 0 radical (unpaired) electrons. The Hall–Kier alpha value is -1.18. The second kappa shape index (κ2) is 5.59. The molecule has 0 saturated heterocycles. The fourth-order valence-electron chi connectivity index (χ4n) is 0.652. The van der Waals surface area contributed by atoms with Crippen LogP contribution >= 0.6 is 0 Å². The summed E-state index contributed by atoms with van der Waals surface area (Å²) in [5.74, 6) is 0. The van der Waals surface area contributed by atoms with E-state index in [1.54, 1.807) is 6.08 Å². The largest absolute Gasteiger partial charge is 0.145 e. The van der Waals surface area contributed by atoms with Crippen LogP contribution in [0.5, 0.6) is 0 Å². The zero-order chi connectivity index (χ0) is 8.69. The van der Waals surface area contributed by atoms with Crippen LogP contribution in [-0.2, 0) is 0 Å². The third-order valence-electron chi connectivity index (χ3n) is 1.39. The van der Waals surface area contributed by atoms with Crippen LogP contribution in [0.3, 0.4) is 0 Å². The lowest BCUT2D eigenvalue weighted by atomic mass is 10.2. The van der Waals surface area contributed by atoms with Crippen molar-refractivity contribution in [3.63, 3.8) is 0 Å². The minimum Gasteiger partial charge on any atom is -0.145 e. The Labute approximate surface area is 67.3 Å². The standard InChI is InChI=1S/C9H13NO/c1-4-9(5-2)7-6-8(3)10-11/h4,6-7H,3,5H2,1-2H3/b7-6-,9-4-. The third kappa shape index (κ3) is 4.25. The fourth-order valence-corrected chi connectivity index (χ4v) is 0.652. The zero-order valence-electron chi connectivity index (χ0n) is 7.00. The molecule has 0 aliphatic carbocycles. The van der Waals surface area contributed by atoms with Crippen LogP contribution in [-0.4, -0.2) is 0 Å². The molecule has 0 rings (SSSR count). The first-order valence-electron chi connectivity index (χ1n) is 3.60. The Morgan fingerprint density at radius 3 is 2.55 bits per heavy atom. The van der Waals surface area contributed by atoms with Gasteiger partial charge in [0.2, 0.25) is 0 Å². The Kier molecular flexibility index (Phi) is 4.99. The SMILES string of the molecule is C=C(/C=C\C(=C/C)CC)N=O. The number of allylic oxidation sites excluding steroid dienone is 4. The molecule has 0 saturated carbocycles. The number of hydrogen-bond donors (Lipinski definition) is 0. The summed E-state index contributed by atoms with van der Waals surface area (Å²) < 4.78 is 0. The van der Waals surface area contributed by atoms with E-state index in [0.29, 0.717) is 0 Å². The molecule has 11 heavy (non-hydrogen) atoms. The van der Waals surface area contributed by atoms with E-state index in [-0.39, 0.29) is 5.70 Å². The molecule has 0 bridgehead atoms. The Balaban J connectivity index is 4.10. The van der Waals surface area contributed by atoms with Gasteiger partial charge in [-0.2, -0.15) is 0 Å². The van der Waals surface area contributed by atoms with E-state index in [0.717, 1.165) is 6.42 Å². The fraction of sp³-hybridized carbons (Fsp3) is 0.333. The average molecular weight is 151 g/mol. The summed E-state index contributed by atoms with van der Waals surface area (Å²) in [6.45, 7) is 7.43. The highest BCUT2D eigenvalue weighted by molar-refractivity contribution is 5.24. The normalized spacial score (nSPS) is 12.0. The van der Waals surface area contributed by atoms with Crippen molar-refractivity contribution in [3.8, 4) is 0 Å². The van der Waals surface area contributed by atoms with Crippen molar-refractivity contribution in [1.82, 2.24) is 0 Å². The summed E-state index contributed by atoms with van der Waals surface area (Å²) in [5.41, 5.74) is 1.44. The van der Waals surface area contributed by atoms with E-state index in [2.05, 4.69) is 18.7 Å². The molecular weight excluding hydrogens is 138 g/mol. The van der Waals surface area contributed by atoms with Crippen molar-refractivity contribution < 1.29 is 0 Å². The number of nitroso groups, excluding NO2 is 1. The number of rotatable bonds is 4. The minimum atomic E-state index is 0.262. The molecule has 2 nitrogen and oxygen atoms in total. The number of nitrogens with zero attached hydrogens (tertiary/aromatic N) is 1. The quantitative estimate of drug-likeness (QED) is 0.448. The maximum Gasteiger partial charge on any atom is 0.100 e. The summed E-state index contributed by atoms with van der Waals surface area (Å²) in [5, 5.41) is 2.67. The maximum atomic E-state index is 9.87. The maximum absolute atomic E-state index is 9.87. The van der Waals surface area contributed by atoms with Crippen molar-refractivity contribution in [1.29, 1.82) is 0 Å². The van der Waals surface area contributed by atoms with Gasteiger partial charge in [-0.25, -0.2) is 0 Å². The van der Waals surface area contributed by atoms with Crippen LogP contribution in [0.1, 0.15) is 20.3 Å². The summed E-state index contributed by atoms with van der Waals surface area (Å²) >= 11 is 0. The molecule has 0 aliphatic rings. The second-order valence-corrected chi connectivity index (χ2v) is 2.13. The van der Waals surface area contributed by atoms with Crippen molar-refractivity contribution in [2.24, 2.45) is 5.18 Å². The molecule has 0 fully saturated rings. The van der Waals surface area contributed by atoms with Gasteiger partial charge in [-0.15, -0.1) is 4.91 Å². The van der Waals surface area contributed by atoms with Gasteiger partial charge in [-0.05, 0) is 24.6 Å². The summed E-state index contributed by atoms with van der Waals surface area (Å²) in [7, 11) is 0. The van der Waals surface area contributed by atoms with E-state index in [4.69, 9.17) is 0 Å². The Morgan fingerprint density at radius 2 is 2.18 bits per heavy atom. The molecule has 0 spiro atoms. The van der Waals surface area contributed by atoms with E-state index in [9.17, 15) is 4.91 Å². The molecule has 0 aliphatic heterocycles. The van der Waals surface area contributed by atoms with Crippen LogP contribution in [0.2, 0.25) is 0 Å².